The van der Waals surface area contributed by atoms with Gasteiger partial charge in [-0.1, -0.05) is 37.7 Å². The zero-order valence-electron chi connectivity index (χ0n) is 14.4. The number of piperidine rings is 1. The number of unbranched alkanes of at least 4 members (excludes halogenated alkanes) is 3. The zero-order chi connectivity index (χ0) is 17.8. The maximum absolute atomic E-state index is 12.7. The first-order valence-corrected chi connectivity index (χ1v) is 8.87. The molecule has 2 aliphatic rings. The summed E-state index contributed by atoms with van der Waals surface area (Å²) in [5.74, 6) is 5.56. The van der Waals surface area contributed by atoms with E-state index in [-0.39, 0.29) is 24.1 Å². The fourth-order valence-corrected chi connectivity index (χ4v) is 3.32. The zero-order valence-corrected chi connectivity index (χ0v) is 14.4. The van der Waals surface area contributed by atoms with Gasteiger partial charge in [-0.25, -0.2) is 0 Å². The molecule has 1 aromatic rings. The molecule has 0 radical (unpaired) electrons. The Balaban J connectivity index is 1.78. The van der Waals surface area contributed by atoms with Crippen LogP contribution in [0.2, 0.25) is 0 Å². The Bertz CT molecular complexity index is 773. The first-order valence-electron chi connectivity index (χ1n) is 8.87. The van der Waals surface area contributed by atoms with Crippen molar-refractivity contribution in [1.82, 2.24) is 10.2 Å². The average molecular weight is 338 g/mol. The molecular formula is C20H22N2O3. The molecule has 0 bridgehead atoms. The summed E-state index contributed by atoms with van der Waals surface area (Å²) in [7, 11) is 0. The minimum atomic E-state index is -0.581. The van der Waals surface area contributed by atoms with Crippen molar-refractivity contribution in [3.63, 3.8) is 0 Å². The van der Waals surface area contributed by atoms with Gasteiger partial charge in [-0.05, 0) is 30.5 Å². The first-order chi connectivity index (χ1) is 12.1. The molecular weight excluding hydrogens is 316 g/mol. The highest BCUT2D eigenvalue weighted by molar-refractivity contribution is 6.05. The Labute approximate surface area is 147 Å². The van der Waals surface area contributed by atoms with Crippen molar-refractivity contribution in [3.8, 4) is 11.8 Å². The summed E-state index contributed by atoms with van der Waals surface area (Å²) < 4.78 is 0. The molecule has 0 spiro atoms. The smallest absolute Gasteiger partial charge is 0.255 e. The van der Waals surface area contributed by atoms with E-state index in [9.17, 15) is 14.4 Å². The summed E-state index contributed by atoms with van der Waals surface area (Å²) in [6, 6.07) is 4.96. The Morgan fingerprint density at radius 2 is 2.08 bits per heavy atom. The molecule has 5 nitrogen and oxygen atoms in total. The van der Waals surface area contributed by atoms with Gasteiger partial charge in [-0.15, -0.1) is 0 Å². The van der Waals surface area contributed by atoms with E-state index in [2.05, 4.69) is 24.1 Å². The van der Waals surface area contributed by atoms with Crippen LogP contribution in [0.25, 0.3) is 0 Å². The molecule has 1 N–H and O–H groups in total. The van der Waals surface area contributed by atoms with Crippen LogP contribution in [0.3, 0.4) is 0 Å². The Morgan fingerprint density at radius 1 is 1.24 bits per heavy atom. The first kappa shape index (κ1) is 17.2. The molecule has 1 aromatic carbocycles. The second kappa shape index (κ2) is 7.52. The number of nitrogens with zero attached hydrogens (tertiary/aromatic N) is 1. The number of carbonyl (C=O) groups excluding carboxylic acids is 3. The molecule has 1 fully saturated rings. The number of hydrogen-bond donors (Lipinski definition) is 1. The van der Waals surface area contributed by atoms with Crippen LogP contribution in [0.1, 0.15) is 66.9 Å². The third-order valence-corrected chi connectivity index (χ3v) is 4.71. The van der Waals surface area contributed by atoms with Gasteiger partial charge in [0, 0.05) is 30.5 Å². The van der Waals surface area contributed by atoms with Crippen LogP contribution < -0.4 is 5.32 Å². The van der Waals surface area contributed by atoms with Crippen molar-refractivity contribution >= 4 is 17.7 Å². The molecule has 2 heterocycles. The Kier molecular flexibility index (Phi) is 5.18. The second-order valence-electron chi connectivity index (χ2n) is 6.49. The molecule has 130 valence electrons. The van der Waals surface area contributed by atoms with Gasteiger partial charge >= 0.3 is 0 Å². The molecule has 1 unspecified atom stereocenters. The number of hydrogen-bond acceptors (Lipinski definition) is 3. The topological polar surface area (TPSA) is 66.5 Å². The summed E-state index contributed by atoms with van der Waals surface area (Å²) in [5, 5.41) is 2.32. The fourth-order valence-electron chi connectivity index (χ4n) is 3.32. The predicted molar refractivity (Wildman–Crippen MR) is 93.5 cm³/mol. The van der Waals surface area contributed by atoms with Crippen LogP contribution in [-0.2, 0) is 16.1 Å². The van der Waals surface area contributed by atoms with E-state index < -0.39 is 6.04 Å². The molecule has 1 atom stereocenters. The number of carbonyl (C=O) groups is 3. The van der Waals surface area contributed by atoms with Crippen molar-refractivity contribution in [2.24, 2.45) is 0 Å². The second-order valence-corrected chi connectivity index (χ2v) is 6.49. The van der Waals surface area contributed by atoms with Gasteiger partial charge in [0.05, 0.1) is 0 Å². The monoisotopic (exact) mass is 338 g/mol. The fraction of sp³-hybridized carbons (Fsp3) is 0.450. The van der Waals surface area contributed by atoms with Crippen LogP contribution in [0.5, 0.6) is 0 Å². The summed E-state index contributed by atoms with van der Waals surface area (Å²) in [4.78, 5) is 37.7. The van der Waals surface area contributed by atoms with E-state index in [1.807, 2.05) is 12.1 Å². The lowest BCUT2D eigenvalue weighted by Crippen LogP contribution is -2.52. The summed E-state index contributed by atoms with van der Waals surface area (Å²) in [6.45, 7) is 2.53. The van der Waals surface area contributed by atoms with Crippen LogP contribution in [0, 0.1) is 11.8 Å². The third kappa shape index (κ3) is 3.58. The van der Waals surface area contributed by atoms with Crippen LogP contribution in [-0.4, -0.2) is 28.7 Å². The Morgan fingerprint density at radius 3 is 2.84 bits per heavy atom. The quantitative estimate of drug-likeness (QED) is 0.521. The van der Waals surface area contributed by atoms with Gasteiger partial charge in [-0.2, -0.15) is 0 Å². The normalized spacial score (nSPS) is 19.3. The average Bonchev–Trinajstić information content (AvgIpc) is 2.92. The molecule has 2 aliphatic heterocycles. The van der Waals surface area contributed by atoms with Crippen molar-refractivity contribution < 1.29 is 14.4 Å². The number of benzene rings is 1. The number of amides is 3. The van der Waals surface area contributed by atoms with Gasteiger partial charge in [0.15, 0.2) is 0 Å². The molecule has 3 amide bonds. The Hall–Kier alpha value is -2.61. The molecule has 0 aliphatic carbocycles. The number of nitrogens with one attached hydrogen (secondary N) is 1. The maximum atomic E-state index is 12.7. The van der Waals surface area contributed by atoms with Crippen LogP contribution >= 0.6 is 0 Å². The molecule has 25 heavy (non-hydrogen) atoms. The lowest BCUT2D eigenvalue weighted by Gasteiger charge is -2.29. The SMILES string of the molecule is CCCCCC#Cc1cccc2c1CN(C1CCC(=O)NC1=O)C2=O. The van der Waals surface area contributed by atoms with Crippen LogP contribution in [0.15, 0.2) is 18.2 Å². The molecule has 0 saturated carbocycles. The minimum Gasteiger partial charge on any atom is -0.322 e. The largest absolute Gasteiger partial charge is 0.322 e. The minimum absolute atomic E-state index is 0.154. The van der Waals surface area contributed by atoms with E-state index in [1.54, 1.807) is 11.0 Å². The van der Waals surface area contributed by atoms with E-state index in [4.69, 9.17) is 0 Å². The highest BCUT2D eigenvalue weighted by Crippen LogP contribution is 2.29. The van der Waals surface area contributed by atoms with Crippen molar-refractivity contribution in [1.29, 1.82) is 0 Å². The number of imide groups is 1. The van der Waals surface area contributed by atoms with Crippen molar-refractivity contribution in [3.05, 3.63) is 34.9 Å². The van der Waals surface area contributed by atoms with E-state index in [0.29, 0.717) is 18.5 Å². The standard InChI is InChI=1S/C20H22N2O3/c1-2-3-4-5-6-8-14-9-7-10-15-16(14)13-22(20(15)25)17-11-12-18(23)21-19(17)24/h7,9-10,17H,2-5,11-13H2,1H3,(H,21,23,24). The lowest BCUT2D eigenvalue weighted by molar-refractivity contribution is -0.136. The molecule has 0 aromatic heterocycles. The van der Waals surface area contributed by atoms with Crippen molar-refractivity contribution in [2.45, 2.75) is 58.0 Å². The van der Waals surface area contributed by atoms with E-state index in [0.717, 1.165) is 30.4 Å². The van der Waals surface area contributed by atoms with Crippen molar-refractivity contribution in [2.75, 3.05) is 0 Å². The predicted octanol–water partition coefficient (Wildman–Crippen LogP) is 2.38. The number of rotatable bonds is 4. The summed E-state index contributed by atoms with van der Waals surface area (Å²) >= 11 is 0. The van der Waals surface area contributed by atoms with Gasteiger partial charge in [0.2, 0.25) is 11.8 Å². The summed E-state index contributed by atoms with van der Waals surface area (Å²) in [6.07, 6.45) is 4.91. The highest BCUT2D eigenvalue weighted by Gasteiger charge is 2.39. The van der Waals surface area contributed by atoms with Gasteiger partial charge < -0.3 is 4.90 Å². The van der Waals surface area contributed by atoms with Gasteiger partial charge in [0.25, 0.3) is 5.91 Å². The molecule has 5 heteroatoms. The summed E-state index contributed by atoms with van der Waals surface area (Å²) in [5.41, 5.74) is 2.36. The third-order valence-electron chi connectivity index (χ3n) is 4.71. The van der Waals surface area contributed by atoms with E-state index in [1.165, 1.54) is 6.42 Å². The maximum Gasteiger partial charge on any atom is 0.255 e. The van der Waals surface area contributed by atoms with Crippen LogP contribution in [0.4, 0.5) is 0 Å². The lowest BCUT2D eigenvalue weighted by atomic mass is 10.0. The number of fused-ring (bicyclic) bond motifs is 1. The molecule has 3 rings (SSSR count). The van der Waals surface area contributed by atoms with Gasteiger partial charge in [0.1, 0.15) is 6.04 Å². The highest BCUT2D eigenvalue weighted by atomic mass is 16.2. The van der Waals surface area contributed by atoms with E-state index >= 15 is 0 Å². The molecule has 1 saturated heterocycles. The van der Waals surface area contributed by atoms with Gasteiger partial charge in [-0.3, -0.25) is 19.7 Å².